The van der Waals surface area contributed by atoms with E-state index in [1.165, 1.54) is 5.56 Å². The van der Waals surface area contributed by atoms with E-state index in [-0.39, 0.29) is 0 Å². The number of anilines is 4. The van der Waals surface area contributed by atoms with E-state index < -0.39 is 0 Å². The quantitative estimate of drug-likeness (QED) is 0.484. The molecule has 1 fully saturated rings. The summed E-state index contributed by atoms with van der Waals surface area (Å²) in [5.41, 5.74) is 3.08. The molecule has 31 heavy (non-hydrogen) atoms. The number of hydrogen-bond donors (Lipinski definition) is 2. The summed E-state index contributed by atoms with van der Waals surface area (Å²) in [7, 11) is 1.65. The molecular weight excluding hydrogens is 458 g/mol. The van der Waals surface area contributed by atoms with E-state index in [0.717, 1.165) is 60.9 Å². The Hall–Kier alpha value is -2.68. The Kier molecular flexibility index (Phi) is 7.35. The molecular formula is C23H26BrN5O2. The summed E-state index contributed by atoms with van der Waals surface area (Å²) in [5, 5.41) is 6.62. The van der Waals surface area contributed by atoms with Gasteiger partial charge in [0.25, 0.3) is 0 Å². The molecule has 162 valence electrons. The molecule has 0 saturated carbocycles. The molecule has 8 heteroatoms. The van der Waals surface area contributed by atoms with Gasteiger partial charge in [0.15, 0.2) is 0 Å². The van der Waals surface area contributed by atoms with Crippen molar-refractivity contribution in [2.24, 2.45) is 0 Å². The fraction of sp³-hybridized carbons (Fsp3) is 0.304. The predicted molar refractivity (Wildman–Crippen MR) is 127 cm³/mol. The minimum atomic E-state index is 0.519. The van der Waals surface area contributed by atoms with E-state index in [9.17, 15) is 0 Å². The third kappa shape index (κ3) is 5.94. The maximum Gasteiger partial charge on any atom is 0.229 e. The van der Waals surface area contributed by atoms with Gasteiger partial charge in [-0.2, -0.15) is 4.98 Å². The van der Waals surface area contributed by atoms with Crippen LogP contribution in [0.5, 0.6) is 5.75 Å². The van der Waals surface area contributed by atoms with Crippen molar-refractivity contribution < 1.29 is 9.47 Å². The monoisotopic (exact) mass is 483 g/mol. The molecule has 0 radical (unpaired) electrons. The SMILES string of the molecule is COc1ccccc1Nc1nc(Nc2cccc(CCN3CCOCC3)c2)ncc1Br. The minimum absolute atomic E-state index is 0.519. The van der Waals surface area contributed by atoms with Crippen LogP contribution in [0.3, 0.4) is 0 Å². The number of halogens is 1. The molecule has 0 unspecified atom stereocenters. The topological polar surface area (TPSA) is 71.5 Å². The second-order valence-corrected chi connectivity index (χ2v) is 8.10. The number of rotatable bonds is 8. The summed E-state index contributed by atoms with van der Waals surface area (Å²) in [5.74, 6) is 1.92. The van der Waals surface area contributed by atoms with Crippen molar-refractivity contribution in [3.8, 4) is 5.75 Å². The van der Waals surface area contributed by atoms with Gasteiger partial charge in [0, 0.05) is 31.5 Å². The highest BCUT2D eigenvalue weighted by Crippen LogP contribution is 2.30. The average Bonchev–Trinajstić information content (AvgIpc) is 2.81. The van der Waals surface area contributed by atoms with E-state index in [2.05, 4.69) is 59.6 Å². The predicted octanol–water partition coefficient (Wildman–Crippen LogP) is 4.61. The molecule has 7 nitrogen and oxygen atoms in total. The van der Waals surface area contributed by atoms with Crippen molar-refractivity contribution >= 4 is 39.1 Å². The maximum atomic E-state index is 5.42. The van der Waals surface area contributed by atoms with Gasteiger partial charge in [-0.15, -0.1) is 0 Å². The third-order valence-electron chi connectivity index (χ3n) is 5.11. The summed E-state index contributed by atoms with van der Waals surface area (Å²) in [6.45, 7) is 4.70. The molecule has 1 aliphatic heterocycles. The number of benzene rings is 2. The molecule has 4 rings (SSSR count). The van der Waals surface area contributed by atoms with Crippen molar-refractivity contribution in [2.75, 3.05) is 50.6 Å². The van der Waals surface area contributed by atoms with Crippen molar-refractivity contribution in [1.29, 1.82) is 0 Å². The van der Waals surface area contributed by atoms with Crippen molar-refractivity contribution in [3.63, 3.8) is 0 Å². The Morgan fingerprint density at radius 2 is 1.94 bits per heavy atom. The van der Waals surface area contributed by atoms with Crippen LogP contribution in [-0.2, 0) is 11.2 Å². The van der Waals surface area contributed by atoms with Gasteiger partial charge < -0.3 is 20.1 Å². The van der Waals surface area contributed by atoms with Crippen LogP contribution in [0.15, 0.2) is 59.2 Å². The second-order valence-electron chi connectivity index (χ2n) is 7.24. The lowest BCUT2D eigenvalue weighted by molar-refractivity contribution is 0.0384. The van der Waals surface area contributed by atoms with Crippen LogP contribution in [0.25, 0.3) is 0 Å². The lowest BCUT2D eigenvalue weighted by Gasteiger charge is -2.26. The number of methoxy groups -OCH3 is 1. The number of nitrogens with zero attached hydrogens (tertiary/aromatic N) is 3. The molecule has 0 aliphatic carbocycles. The van der Waals surface area contributed by atoms with Gasteiger partial charge in [-0.3, -0.25) is 4.90 Å². The van der Waals surface area contributed by atoms with Crippen LogP contribution < -0.4 is 15.4 Å². The average molecular weight is 484 g/mol. The normalized spacial score (nSPS) is 14.3. The molecule has 1 aliphatic rings. The van der Waals surface area contributed by atoms with Gasteiger partial charge in [-0.05, 0) is 52.2 Å². The molecule has 0 bridgehead atoms. The van der Waals surface area contributed by atoms with Crippen LogP contribution in [-0.4, -0.2) is 54.8 Å². The number of aromatic nitrogens is 2. The lowest BCUT2D eigenvalue weighted by Crippen LogP contribution is -2.37. The smallest absolute Gasteiger partial charge is 0.229 e. The molecule has 2 N–H and O–H groups in total. The summed E-state index contributed by atoms with van der Waals surface area (Å²) in [4.78, 5) is 11.5. The first-order valence-corrected chi connectivity index (χ1v) is 11.1. The van der Waals surface area contributed by atoms with Gasteiger partial charge in [0.05, 0.1) is 30.5 Å². The number of morpholine rings is 1. The molecule has 2 heterocycles. The molecule has 1 saturated heterocycles. The number of ether oxygens (including phenoxy) is 2. The standard InChI is InChI=1S/C23H26BrN5O2/c1-30-21-8-3-2-7-20(21)27-22-19(24)16-25-23(28-22)26-18-6-4-5-17(15-18)9-10-29-11-13-31-14-12-29/h2-8,15-16H,9-14H2,1H3,(H2,25,26,27,28). The lowest BCUT2D eigenvalue weighted by atomic mass is 10.1. The molecule has 3 aromatic rings. The highest BCUT2D eigenvalue weighted by atomic mass is 79.9. The summed E-state index contributed by atoms with van der Waals surface area (Å²) < 4.78 is 11.6. The van der Waals surface area contributed by atoms with Crippen molar-refractivity contribution in [3.05, 3.63) is 64.8 Å². The van der Waals surface area contributed by atoms with Crippen molar-refractivity contribution in [1.82, 2.24) is 14.9 Å². The van der Waals surface area contributed by atoms with E-state index in [1.54, 1.807) is 13.3 Å². The van der Waals surface area contributed by atoms with Gasteiger partial charge in [0.2, 0.25) is 5.95 Å². The Balaban J connectivity index is 1.44. The highest BCUT2D eigenvalue weighted by Gasteiger charge is 2.11. The summed E-state index contributed by atoms with van der Waals surface area (Å²) in [6.07, 6.45) is 2.73. The first kappa shape index (κ1) is 21.5. The number of hydrogen-bond acceptors (Lipinski definition) is 7. The van der Waals surface area contributed by atoms with Crippen LogP contribution in [0.1, 0.15) is 5.56 Å². The summed E-state index contributed by atoms with van der Waals surface area (Å²) in [6, 6.07) is 16.1. The molecule has 2 aromatic carbocycles. The van der Waals surface area contributed by atoms with Gasteiger partial charge in [-0.1, -0.05) is 24.3 Å². The van der Waals surface area contributed by atoms with E-state index in [0.29, 0.717) is 11.8 Å². The van der Waals surface area contributed by atoms with Crippen LogP contribution in [0, 0.1) is 0 Å². The molecule has 0 spiro atoms. The Morgan fingerprint density at radius 3 is 2.77 bits per heavy atom. The third-order valence-corrected chi connectivity index (χ3v) is 5.69. The summed E-state index contributed by atoms with van der Waals surface area (Å²) >= 11 is 3.52. The fourth-order valence-corrected chi connectivity index (χ4v) is 3.73. The van der Waals surface area contributed by atoms with E-state index in [1.807, 2.05) is 30.3 Å². The Bertz CT molecular complexity index is 1010. The zero-order chi connectivity index (χ0) is 21.5. The maximum absolute atomic E-state index is 5.42. The first-order chi connectivity index (χ1) is 15.2. The Morgan fingerprint density at radius 1 is 1.10 bits per heavy atom. The van der Waals surface area contributed by atoms with E-state index in [4.69, 9.17) is 9.47 Å². The van der Waals surface area contributed by atoms with Crippen LogP contribution in [0.4, 0.5) is 23.1 Å². The molecule has 0 amide bonds. The van der Waals surface area contributed by atoms with Gasteiger partial charge in [-0.25, -0.2) is 4.98 Å². The highest BCUT2D eigenvalue weighted by molar-refractivity contribution is 9.10. The largest absolute Gasteiger partial charge is 0.495 e. The minimum Gasteiger partial charge on any atom is -0.495 e. The zero-order valence-electron chi connectivity index (χ0n) is 17.5. The molecule has 0 atom stereocenters. The van der Waals surface area contributed by atoms with Crippen LogP contribution >= 0.6 is 15.9 Å². The number of nitrogens with one attached hydrogen (secondary N) is 2. The van der Waals surface area contributed by atoms with Gasteiger partial charge in [0.1, 0.15) is 11.6 Å². The Labute approximate surface area is 190 Å². The van der Waals surface area contributed by atoms with Gasteiger partial charge >= 0.3 is 0 Å². The number of para-hydroxylation sites is 2. The van der Waals surface area contributed by atoms with Crippen LogP contribution in [0.2, 0.25) is 0 Å². The van der Waals surface area contributed by atoms with E-state index >= 15 is 0 Å². The first-order valence-electron chi connectivity index (χ1n) is 10.3. The second kappa shape index (κ2) is 10.6. The van der Waals surface area contributed by atoms with Crippen molar-refractivity contribution in [2.45, 2.75) is 6.42 Å². The molecule has 1 aromatic heterocycles. The zero-order valence-corrected chi connectivity index (χ0v) is 19.1. The fourth-order valence-electron chi connectivity index (χ4n) is 3.44.